The fourth-order valence-electron chi connectivity index (χ4n) is 2.21. The zero-order valence-corrected chi connectivity index (χ0v) is 12.0. The Morgan fingerprint density at radius 1 is 1.39 bits per heavy atom. The van der Waals surface area contributed by atoms with E-state index in [-0.39, 0.29) is 18.6 Å². The van der Waals surface area contributed by atoms with Crippen LogP contribution in [0.5, 0.6) is 0 Å². The van der Waals surface area contributed by atoms with Crippen LogP contribution in [0.2, 0.25) is 0 Å². The van der Waals surface area contributed by atoms with Gasteiger partial charge >= 0.3 is 6.03 Å². The minimum absolute atomic E-state index is 0.102. The lowest BCUT2D eigenvalue weighted by molar-refractivity contribution is 0.145. The van der Waals surface area contributed by atoms with Gasteiger partial charge in [-0.05, 0) is 25.7 Å². The van der Waals surface area contributed by atoms with E-state index >= 15 is 0 Å². The van der Waals surface area contributed by atoms with Crippen molar-refractivity contribution >= 4 is 6.03 Å². The molecule has 1 saturated heterocycles. The van der Waals surface area contributed by atoms with E-state index < -0.39 is 0 Å². The number of hydrogen-bond acceptors (Lipinski definition) is 3. The predicted molar refractivity (Wildman–Crippen MR) is 72.5 cm³/mol. The summed E-state index contributed by atoms with van der Waals surface area (Å²) in [6, 6.07) is 0.876. The maximum absolute atomic E-state index is 11.8. The molecule has 5 heteroatoms. The largest absolute Gasteiger partial charge is 0.396 e. The van der Waals surface area contributed by atoms with Gasteiger partial charge < -0.3 is 20.2 Å². The third kappa shape index (κ3) is 4.14. The summed E-state index contributed by atoms with van der Waals surface area (Å²) in [6.07, 6.45) is 1.98. The molecule has 0 spiro atoms. The quantitative estimate of drug-likeness (QED) is 0.781. The lowest BCUT2D eigenvalue weighted by Gasteiger charge is -2.36. The molecule has 5 nitrogen and oxygen atoms in total. The van der Waals surface area contributed by atoms with E-state index in [1.165, 1.54) is 0 Å². The molecule has 2 N–H and O–H groups in total. The van der Waals surface area contributed by atoms with E-state index in [1.807, 2.05) is 11.8 Å². The molecule has 2 atom stereocenters. The van der Waals surface area contributed by atoms with Crippen LogP contribution in [0.25, 0.3) is 0 Å². The van der Waals surface area contributed by atoms with Crippen molar-refractivity contribution < 1.29 is 9.90 Å². The molecular weight excluding hydrogens is 230 g/mol. The fraction of sp³-hybridized carbons (Fsp3) is 0.923. The average Bonchev–Trinajstić information content (AvgIpc) is 2.37. The van der Waals surface area contributed by atoms with Crippen LogP contribution in [0.4, 0.5) is 4.79 Å². The number of amides is 2. The average molecular weight is 257 g/mol. The van der Waals surface area contributed by atoms with E-state index in [9.17, 15) is 4.79 Å². The van der Waals surface area contributed by atoms with Gasteiger partial charge in [0.2, 0.25) is 0 Å². The highest BCUT2D eigenvalue weighted by Gasteiger charge is 2.25. The molecule has 0 bridgehead atoms. The molecule has 0 radical (unpaired) electrons. The summed E-state index contributed by atoms with van der Waals surface area (Å²) in [4.78, 5) is 15.3. The number of urea groups is 1. The Kier molecular flexibility index (Phi) is 5.88. The van der Waals surface area contributed by atoms with E-state index in [2.05, 4.69) is 12.2 Å². The summed E-state index contributed by atoms with van der Waals surface area (Å²) >= 11 is 0. The predicted octanol–water partition coefficient (Wildman–Crippen LogP) is 0.739. The van der Waals surface area contributed by atoms with Crippen LogP contribution in [0.1, 0.15) is 26.7 Å². The van der Waals surface area contributed by atoms with Crippen LogP contribution in [0.15, 0.2) is 0 Å². The van der Waals surface area contributed by atoms with Crippen LogP contribution < -0.4 is 5.32 Å². The summed E-state index contributed by atoms with van der Waals surface area (Å²) in [7, 11) is 3.58. The van der Waals surface area contributed by atoms with Gasteiger partial charge in [-0.3, -0.25) is 0 Å². The van der Waals surface area contributed by atoms with Crippen molar-refractivity contribution in [1.29, 1.82) is 0 Å². The van der Waals surface area contributed by atoms with Gasteiger partial charge in [-0.2, -0.15) is 0 Å². The first-order valence-corrected chi connectivity index (χ1v) is 6.78. The Morgan fingerprint density at radius 3 is 2.39 bits per heavy atom. The molecule has 0 aromatic carbocycles. The van der Waals surface area contributed by atoms with Gasteiger partial charge in [0, 0.05) is 45.9 Å². The second kappa shape index (κ2) is 6.95. The van der Waals surface area contributed by atoms with Crippen molar-refractivity contribution in [3.8, 4) is 0 Å². The second-order valence-corrected chi connectivity index (χ2v) is 5.55. The maximum atomic E-state index is 11.8. The van der Waals surface area contributed by atoms with Gasteiger partial charge in [0.15, 0.2) is 0 Å². The van der Waals surface area contributed by atoms with Crippen molar-refractivity contribution in [3.63, 3.8) is 0 Å². The van der Waals surface area contributed by atoms with Crippen molar-refractivity contribution in [1.82, 2.24) is 15.1 Å². The zero-order valence-electron chi connectivity index (χ0n) is 12.0. The smallest absolute Gasteiger partial charge is 0.319 e. The molecule has 106 valence electrons. The number of piperidine rings is 1. The number of carbonyl (C=O) groups excluding carboxylic acids is 1. The molecule has 2 amide bonds. The summed E-state index contributed by atoms with van der Waals surface area (Å²) in [6.45, 7) is 6.00. The van der Waals surface area contributed by atoms with Gasteiger partial charge in [-0.25, -0.2) is 4.79 Å². The van der Waals surface area contributed by atoms with Crippen molar-refractivity contribution in [3.05, 3.63) is 0 Å². The number of likely N-dealkylation sites (tertiary alicyclic amines) is 1. The standard InChI is InChI=1S/C13H27N3O2/c1-10(9-17)11(2)14-12-5-7-16(8-6-12)13(18)15(3)4/h10-12,14,17H,5-9H2,1-4H3. The van der Waals surface area contributed by atoms with Gasteiger partial charge in [0.25, 0.3) is 0 Å². The number of nitrogens with one attached hydrogen (secondary N) is 1. The van der Waals surface area contributed by atoms with Gasteiger partial charge in [-0.1, -0.05) is 6.92 Å². The highest BCUT2D eigenvalue weighted by molar-refractivity contribution is 5.73. The second-order valence-electron chi connectivity index (χ2n) is 5.55. The van der Waals surface area contributed by atoms with Gasteiger partial charge in [-0.15, -0.1) is 0 Å². The first kappa shape index (κ1) is 15.2. The number of carbonyl (C=O) groups is 1. The van der Waals surface area contributed by atoms with E-state index in [0.29, 0.717) is 12.1 Å². The Balaban J connectivity index is 2.33. The summed E-state index contributed by atoms with van der Waals surface area (Å²) in [5.41, 5.74) is 0. The van der Waals surface area contributed by atoms with Crippen molar-refractivity contribution in [2.75, 3.05) is 33.8 Å². The highest BCUT2D eigenvalue weighted by Crippen LogP contribution is 2.13. The van der Waals surface area contributed by atoms with E-state index in [4.69, 9.17) is 5.11 Å². The number of rotatable bonds is 4. The molecular formula is C13H27N3O2. The topological polar surface area (TPSA) is 55.8 Å². The van der Waals surface area contributed by atoms with Crippen molar-refractivity contribution in [2.24, 2.45) is 5.92 Å². The zero-order chi connectivity index (χ0) is 13.7. The van der Waals surface area contributed by atoms with Crippen LogP contribution in [0.3, 0.4) is 0 Å². The molecule has 0 aliphatic carbocycles. The van der Waals surface area contributed by atoms with Gasteiger partial charge in [0.1, 0.15) is 0 Å². The van der Waals surface area contributed by atoms with Gasteiger partial charge in [0.05, 0.1) is 0 Å². The Labute approximate surface area is 110 Å². The third-order valence-electron chi connectivity index (χ3n) is 3.79. The number of aliphatic hydroxyl groups is 1. The number of nitrogens with zero attached hydrogens (tertiary/aromatic N) is 2. The SMILES string of the molecule is CC(CO)C(C)NC1CCN(C(=O)N(C)C)CC1. The molecule has 1 aliphatic rings. The third-order valence-corrected chi connectivity index (χ3v) is 3.79. The highest BCUT2D eigenvalue weighted by atomic mass is 16.3. The Bertz CT molecular complexity index is 263. The molecule has 0 saturated carbocycles. The van der Waals surface area contributed by atoms with Crippen LogP contribution in [-0.4, -0.2) is 66.8 Å². The molecule has 0 aromatic rings. The Hall–Kier alpha value is -0.810. The summed E-state index contributed by atoms with van der Waals surface area (Å²) in [5.74, 6) is 0.270. The molecule has 1 rings (SSSR count). The molecule has 1 fully saturated rings. The first-order valence-electron chi connectivity index (χ1n) is 6.78. The molecule has 0 aromatic heterocycles. The van der Waals surface area contributed by atoms with Crippen molar-refractivity contribution in [2.45, 2.75) is 38.8 Å². The minimum atomic E-state index is 0.102. The van der Waals surface area contributed by atoms with E-state index in [1.54, 1.807) is 19.0 Å². The molecule has 18 heavy (non-hydrogen) atoms. The summed E-state index contributed by atoms with van der Waals surface area (Å²) < 4.78 is 0. The van der Waals surface area contributed by atoms with E-state index in [0.717, 1.165) is 25.9 Å². The molecule has 1 aliphatic heterocycles. The molecule has 2 unspecified atom stereocenters. The normalized spacial score (nSPS) is 20.6. The first-order chi connectivity index (χ1) is 8.45. The maximum Gasteiger partial charge on any atom is 0.319 e. The Morgan fingerprint density at radius 2 is 1.94 bits per heavy atom. The lowest BCUT2D eigenvalue weighted by atomic mass is 10.00. The summed E-state index contributed by atoms with van der Waals surface area (Å²) in [5, 5.41) is 12.7. The monoisotopic (exact) mass is 257 g/mol. The fourth-order valence-corrected chi connectivity index (χ4v) is 2.21. The number of hydrogen-bond donors (Lipinski definition) is 2. The minimum Gasteiger partial charge on any atom is -0.396 e. The van der Waals surface area contributed by atoms with Crippen LogP contribution >= 0.6 is 0 Å². The van der Waals surface area contributed by atoms with Crippen LogP contribution in [-0.2, 0) is 0 Å². The molecule has 1 heterocycles. The lowest BCUT2D eigenvalue weighted by Crippen LogP contribution is -2.50. The number of aliphatic hydroxyl groups excluding tert-OH is 1. The van der Waals surface area contributed by atoms with Crippen LogP contribution in [0, 0.1) is 5.92 Å².